The fraction of sp³-hybridized carbons (Fsp3) is 0.667. The van der Waals surface area contributed by atoms with Crippen molar-refractivity contribution in [2.24, 2.45) is 7.05 Å². The molecule has 3 heterocycles. The van der Waals surface area contributed by atoms with Gasteiger partial charge in [-0.15, -0.1) is 10.2 Å². The van der Waals surface area contributed by atoms with Crippen molar-refractivity contribution in [2.45, 2.75) is 32.2 Å². The lowest BCUT2D eigenvalue weighted by Gasteiger charge is -2.32. The van der Waals surface area contributed by atoms with Gasteiger partial charge in [0.25, 0.3) is 10.2 Å². The second-order valence-corrected chi connectivity index (χ2v) is 8.77. The molecule has 10 heteroatoms. The van der Waals surface area contributed by atoms with Crippen LogP contribution in [0.4, 0.5) is 0 Å². The molecule has 1 saturated heterocycles. The monoisotopic (exact) mass is 367 g/mol. The number of aromatic nitrogens is 5. The molecule has 9 nitrogen and oxygen atoms in total. The van der Waals surface area contributed by atoms with Gasteiger partial charge in [0.05, 0.1) is 6.54 Å². The molecule has 25 heavy (non-hydrogen) atoms. The van der Waals surface area contributed by atoms with Gasteiger partial charge in [-0.3, -0.25) is 0 Å². The highest BCUT2D eigenvalue weighted by molar-refractivity contribution is 7.86. The molecule has 0 amide bonds. The maximum absolute atomic E-state index is 12.4. The van der Waals surface area contributed by atoms with E-state index in [-0.39, 0.29) is 5.92 Å². The molecule has 1 fully saturated rings. The SMILES string of the molecule is Cc1nccn1Cc1nnc([C@@H]2CCCN(S(=O)(=O)N(C)C)C2)n1C. The van der Waals surface area contributed by atoms with Crippen LogP contribution in [-0.2, 0) is 23.8 Å². The minimum Gasteiger partial charge on any atom is -0.328 e. The second-order valence-electron chi connectivity index (χ2n) is 6.62. The predicted molar refractivity (Wildman–Crippen MR) is 93.2 cm³/mol. The minimum atomic E-state index is -3.40. The van der Waals surface area contributed by atoms with Gasteiger partial charge in [0.15, 0.2) is 5.82 Å². The summed E-state index contributed by atoms with van der Waals surface area (Å²) < 4.78 is 31.6. The second kappa shape index (κ2) is 6.85. The third-order valence-corrected chi connectivity index (χ3v) is 6.68. The van der Waals surface area contributed by atoms with Crippen LogP contribution in [0, 0.1) is 6.92 Å². The van der Waals surface area contributed by atoms with E-state index in [2.05, 4.69) is 15.2 Å². The third kappa shape index (κ3) is 3.46. The standard InChI is InChI=1S/C15H25N7O2S/c1-12-16-7-9-21(12)11-14-17-18-15(20(14)4)13-6-5-8-22(10-13)25(23,24)19(2)3/h7,9,13H,5-6,8,10-11H2,1-4H3/t13-/m1/s1. The molecule has 0 bridgehead atoms. The first-order valence-electron chi connectivity index (χ1n) is 8.34. The van der Waals surface area contributed by atoms with E-state index in [4.69, 9.17) is 0 Å². The molecule has 138 valence electrons. The Morgan fingerprint density at radius 2 is 2.08 bits per heavy atom. The molecule has 0 saturated carbocycles. The molecule has 1 aliphatic rings. The van der Waals surface area contributed by atoms with Crippen LogP contribution in [0.25, 0.3) is 0 Å². The first-order chi connectivity index (χ1) is 11.8. The summed E-state index contributed by atoms with van der Waals surface area (Å²) in [7, 11) is 1.67. The Labute approximate surface area is 148 Å². The normalized spacial score (nSPS) is 19.6. The Kier molecular flexibility index (Phi) is 4.94. The highest BCUT2D eigenvalue weighted by atomic mass is 32.2. The molecular formula is C15H25N7O2S. The summed E-state index contributed by atoms with van der Waals surface area (Å²) in [5.41, 5.74) is 0. The van der Waals surface area contributed by atoms with Gasteiger partial charge in [0.1, 0.15) is 11.6 Å². The van der Waals surface area contributed by atoms with Crippen molar-refractivity contribution in [3.63, 3.8) is 0 Å². The summed E-state index contributed by atoms with van der Waals surface area (Å²) >= 11 is 0. The zero-order chi connectivity index (χ0) is 18.2. The van der Waals surface area contributed by atoms with Crippen LogP contribution in [0.5, 0.6) is 0 Å². The largest absolute Gasteiger partial charge is 0.328 e. The zero-order valence-corrected chi connectivity index (χ0v) is 15.9. The lowest BCUT2D eigenvalue weighted by molar-refractivity contribution is 0.290. The molecule has 2 aromatic rings. The topological polar surface area (TPSA) is 89.2 Å². The van der Waals surface area contributed by atoms with Crippen molar-refractivity contribution in [3.8, 4) is 0 Å². The van der Waals surface area contributed by atoms with Gasteiger partial charge in [-0.25, -0.2) is 4.98 Å². The Balaban J connectivity index is 1.79. The van der Waals surface area contributed by atoms with E-state index in [0.717, 1.165) is 30.3 Å². The molecule has 0 aliphatic carbocycles. The molecule has 0 spiro atoms. The molecular weight excluding hydrogens is 342 g/mol. The molecule has 1 atom stereocenters. The number of piperidine rings is 1. The summed E-state index contributed by atoms with van der Waals surface area (Å²) in [6.07, 6.45) is 5.41. The molecule has 0 unspecified atom stereocenters. The van der Waals surface area contributed by atoms with Crippen LogP contribution < -0.4 is 0 Å². The van der Waals surface area contributed by atoms with Crippen molar-refractivity contribution in [2.75, 3.05) is 27.2 Å². The summed E-state index contributed by atoms with van der Waals surface area (Å²) in [6, 6.07) is 0. The van der Waals surface area contributed by atoms with E-state index in [0.29, 0.717) is 19.6 Å². The van der Waals surface area contributed by atoms with Gasteiger partial charge >= 0.3 is 0 Å². The summed E-state index contributed by atoms with van der Waals surface area (Å²) in [4.78, 5) is 4.22. The molecule has 1 aliphatic heterocycles. The Morgan fingerprint density at radius 3 is 2.72 bits per heavy atom. The zero-order valence-electron chi connectivity index (χ0n) is 15.1. The average molecular weight is 367 g/mol. The van der Waals surface area contributed by atoms with Crippen molar-refractivity contribution in [1.82, 2.24) is 32.9 Å². The number of hydrogen-bond donors (Lipinski definition) is 0. The molecule has 3 rings (SSSR count). The van der Waals surface area contributed by atoms with Gasteiger partial charge in [0.2, 0.25) is 0 Å². The number of aryl methyl sites for hydroxylation is 1. The van der Waals surface area contributed by atoms with E-state index >= 15 is 0 Å². The smallest absolute Gasteiger partial charge is 0.281 e. The maximum atomic E-state index is 12.4. The van der Waals surface area contributed by atoms with Gasteiger partial charge in [0, 0.05) is 52.5 Å². The van der Waals surface area contributed by atoms with Crippen LogP contribution in [0.1, 0.15) is 36.2 Å². The summed E-state index contributed by atoms with van der Waals surface area (Å²) in [6.45, 7) is 3.54. The van der Waals surface area contributed by atoms with Gasteiger partial charge in [-0.2, -0.15) is 17.0 Å². The quantitative estimate of drug-likeness (QED) is 0.761. The molecule has 2 aromatic heterocycles. The Morgan fingerprint density at radius 1 is 1.32 bits per heavy atom. The van der Waals surface area contributed by atoms with Gasteiger partial charge in [-0.1, -0.05) is 0 Å². The van der Waals surface area contributed by atoms with E-state index in [1.165, 1.54) is 8.61 Å². The van der Waals surface area contributed by atoms with E-state index in [1.807, 2.05) is 29.3 Å². The highest BCUT2D eigenvalue weighted by Crippen LogP contribution is 2.27. The first-order valence-corrected chi connectivity index (χ1v) is 9.74. The van der Waals surface area contributed by atoms with E-state index in [9.17, 15) is 8.42 Å². The van der Waals surface area contributed by atoms with Crippen molar-refractivity contribution >= 4 is 10.2 Å². The Hall–Kier alpha value is -1.78. The average Bonchev–Trinajstić information content (AvgIpc) is 3.14. The van der Waals surface area contributed by atoms with E-state index < -0.39 is 10.2 Å². The summed E-state index contributed by atoms with van der Waals surface area (Å²) in [5.74, 6) is 2.65. The lowest BCUT2D eigenvalue weighted by Crippen LogP contribution is -2.45. The third-order valence-electron chi connectivity index (χ3n) is 4.77. The number of rotatable bonds is 5. The lowest BCUT2D eigenvalue weighted by atomic mass is 9.99. The first kappa shape index (κ1) is 18.0. The van der Waals surface area contributed by atoms with Crippen LogP contribution in [0.15, 0.2) is 12.4 Å². The maximum Gasteiger partial charge on any atom is 0.281 e. The summed E-state index contributed by atoms with van der Waals surface area (Å²) in [5, 5.41) is 8.67. The van der Waals surface area contributed by atoms with Crippen LogP contribution >= 0.6 is 0 Å². The van der Waals surface area contributed by atoms with Crippen LogP contribution in [-0.4, -0.2) is 68.5 Å². The molecule has 0 aromatic carbocycles. The number of nitrogens with zero attached hydrogens (tertiary/aromatic N) is 7. The highest BCUT2D eigenvalue weighted by Gasteiger charge is 2.33. The van der Waals surface area contributed by atoms with Crippen LogP contribution in [0.2, 0.25) is 0 Å². The van der Waals surface area contributed by atoms with Crippen LogP contribution in [0.3, 0.4) is 0 Å². The van der Waals surface area contributed by atoms with E-state index in [1.54, 1.807) is 20.3 Å². The molecule has 0 radical (unpaired) electrons. The Bertz CT molecular complexity index is 840. The van der Waals surface area contributed by atoms with Crippen molar-refractivity contribution in [3.05, 3.63) is 29.9 Å². The number of imidazole rings is 1. The van der Waals surface area contributed by atoms with Gasteiger partial charge in [-0.05, 0) is 19.8 Å². The fourth-order valence-corrected chi connectivity index (χ4v) is 4.38. The minimum absolute atomic E-state index is 0.0543. The van der Waals surface area contributed by atoms with Crippen molar-refractivity contribution < 1.29 is 8.42 Å². The van der Waals surface area contributed by atoms with Gasteiger partial charge < -0.3 is 9.13 Å². The predicted octanol–water partition coefficient (Wildman–Crippen LogP) is 0.354. The van der Waals surface area contributed by atoms with Crippen molar-refractivity contribution in [1.29, 1.82) is 0 Å². The number of hydrogen-bond acceptors (Lipinski definition) is 5. The molecule has 0 N–H and O–H groups in total. The fourth-order valence-electron chi connectivity index (χ4n) is 3.19.